The minimum atomic E-state index is -4.20. The third-order valence-corrected chi connectivity index (χ3v) is 9.04. The molecule has 2 unspecified atom stereocenters. The van der Waals surface area contributed by atoms with E-state index in [9.17, 15) is 26.4 Å². The molecule has 0 radical (unpaired) electrons. The Morgan fingerprint density at radius 2 is 1.42 bits per heavy atom. The summed E-state index contributed by atoms with van der Waals surface area (Å²) in [6, 6.07) is 18.0. The topological polar surface area (TPSA) is 135 Å². The van der Waals surface area contributed by atoms with Crippen molar-refractivity contribution in [1.82, 2.24) is 4.31 Å². The van der Waals surface area contributed by atoms with Crippen LogP contribution in [-0.2, 0) is 29.6 Å². The summed E-state index contributed by atoms with van der Waals surface area (Å²) in [5.74, 6) is -1.32. The highest BCUT2D eigenvalue weighted by Crippen LogP contribution is 2.35. The van der Waals surface area contributed by atoms with E-state index < -0.39 is 43.9 Å². The van der Waals surface area contributed by atoms with Crippen molar-refractivity contribution in [3.8, 4) is 0 Å². The Labute approximate surface area is 210 Å². The van der Waals surface area contributed by atoms with E-state index in [1.807, 2.05) is 6.92 Å². The second-order valence-electron chi connectivity index (χ2n) is 8.56. The van der Waals surface area contributed by atoms with Crippen molar-refractivity contribution < 1.29 is 26.4 Å². The van der Waals surface area contributed by atoms with Crippen molar-refractivity contribution >= 4 is 37.5 Å². The predicted octanol–water partition coefficient (Wildman–Crippen LogP) is 2.73. The third kappa shape index (κ3) is 4.82. The Morgan fingerprint density at radius 3 is 1.97 bits per heavy atom. The average Bonchev–Trinajstić information content (AvgIpc) is 3.12. The molecule has 1 saturated heterocycles. The summed E-state index contributed by atoms with van der Waals surface area (Å²) in [6.45, 7) is 3.50. The highest BCUT2D eigenvalue weighted by molar-refractivity contribution is 7.89. The first-order valence-electron chi connectivity index (χ1n) is 11.1. The molecule has 1 aliphatic rings. The molecule has 0 bridgehead atoms. The molecule has 2 atom stereocenters. The zero-order chi connectivity index (χ0) is 26.3. The van der Waals surface area contributed by atoms with Crippen LogP contribution in [-0.4, -0.2) is 39.0 Å². The van der Waals surface area contributed by atoms with Crippen LogP contribution in [0.15, 0.2) is 88.7 Å². The first kappa shape index (κ1) is 25.7. The molecule has 1 fully saturated rings. The van der Waals surface area contributed by atoms with Gasteiger partial charge in [0.25, 0.3) is 5.91 Å². The number of carbonyl (C=O) groups excluding carboxylic acids is 2. The van der Waals surface area contributed by atoms with E-state index in [-0.39, 0.29) is 21.9 Å². The van der Waals surface area contributed by atoms with Crippen molar-refractivity contribution in [1.29, 1.82) is 0 Å². The number of hydrogen-bond acceptors (Lipinski definition) is 6. The van der Waals surface area contributed by atoms with Crippen molar-refractivity contribution in [2.24, 2.45) is 5.14 Å². The molecule has 2 amide bonds. The van der Waals surface area contributed by atoms with Gasteiger partial charge in [-0.05, 0) is 55.8 Å². The average molecular weight is 528 g/mol. The zero-order valence-corrected chi connectivity index (χ0v) is 21.2. The summed E-state index contributed by atoms with van der Waals surface area (Å²) in [7, 11) is -8.16. The van der Waals surface area contributed by atoms with Crippen LogP contribution >= 0.6 is 0 Å². The van der Waals surface area contributed by atoms with Crippen LogP contribution in [0.1, 0.15) is 30.5 Å². The van der Waals surface area contributed by atoms with Gasteiger partial charge in [0, 0.05) is 6.04 Å². The minimum absolute atomic E-state index is 0.00656. The van der Waals surface area contributed by atoms with Gasteiger partial charge in [-0.15, -0.1) is 0 Å². The fourth-order valence-electron chi connectivity index (χ4n) is 4.23. The van der Waals surface area contributed by atoms with Crippen LogP contribution in [0.3, 0.4) is 0 Å². The lowest BCUT2D eigenvalue weighted by Gasteiger charge is -2.32. The molecule has 3 aromatic rings. The first-order valence-corrected chi connectivity index (χ1v) is 14.0. The maximum absolute atomic E-state index is 13.9. The SMILES string of the molecule is Cc1ccc(S(=O)(=O)N(C2CC(=O)N(c3ccc(S(N)(=O)=O)cc3)C2=O)C(C)c2ccccc2)cc1. The van der Waals surface area contributed by atoms with E-state index in [0.717, 1.165) is 14.8 Å². The number of sulfonamides is 2. The monoisotopic (exact) mass is 527 g/mol. The predicted molar refractivity (Wildman–Crippen MR) is 134 cm³/mol. The van der Waals surface area contributed by atoms with Gasteiger partial charge in [-0.2, -0.15) is 4.31 Å². The number of nitrogens with two attached hydrogens (primary N) is 1. The van der Waals surface area contributed by atoms with Crippen molar-refractivity contribution in [2.45, 2.75) is 42.1 Å². The lowest BCUT2D eigenvalue weighted by molar-refractivity contribution is -0.122. The van der Waals surface area contributed by atoms with Gasteiger partial charge in [0.2, 0.25) is 26.0 Å². The second-order valence-corrected chi connectivity index (χ2v) is 12.0. The number of nitrogens with zero attached hydrogens (tertiary/aromatic N) is 2. The van der Waals surface area contributed by atoms with Gasteiger partial charge < -0.3 is 0 Å². The van der Waals surface area contributed by atoms with Gasteiger partial charge in [0.1, 0.15) is 6.04 Å². The van der Waals surface area contributed by atoms with E-state index in [4.69, 9.17) is 5.14 Å². The molecule has 1 heterocycles. The Hall–Kier alpha value is -3.38. The summed E-state index contributed by atoms with van der Waals surface area (Å²) in [6.07, 6.45) is -0.363. The van der Waals surface area contributed by atoms with Gasteiger partial charge >= 0.3 is 0 Å². The lowest BCUT2D eigenvalue weighted by atomic mass is 10.1. The molecule has 188 valence electrons. The molecule has 1 aliphatic heterocycles. The van der Waals surface area contributed by atoms with Crippen molar-refractivity contribution in [3.05, 3.63) is 90.0 Å². The molecular formula is C25H25N3O6S2. The normalized spacial score (nSPS) is 17.6. The number of benzene rings is 3. The molecule has 3 aromatic carbocycles. The standard InChI is InChI=1S/C25H25N3O6S2/c1-17-8-12-22(13-9-17)36(33,34)28(18(2)19-6-4-3-5-7-19)23-16-24(29)27(25(23)30)20-10-14-21(15-11-20)35(26,31)32/h3-15,18,23H,16H2,1-2H3,(H2,26,31,32). The highest BCUT2D eigenvalue weighted by Gasteiger charge is 2.49. The summed E-state index contributed by atoms with van der Waals surface area (Å²) in [5, 5.41) is 5.13. The fourth-order valence-corrected chi connectivity index (χ4v) is 6.50. The number of amides is 2. The molecule has 0 saturated carbocycles. The number of rotatable bonds is 7. The molecule has 4 rings (SSSR count). The van der Waals surface area contributed by atoms with Crippen molar-refractivity contribution in [3.63, 3.8) is 0 Å². The van der Waals surface area contributed by atoms with Gasteiger partial charge in [-0.25, -0.2) is 26.9 Å². The van der Waals surface area contributed by atoms with E-state index in [2.05, 4.69) is 0 Å². The van der Waals surface area contributed by atoms with Gasteiger partial charge in [-0.3, -0.25) is 9.59 Å². The molecule has 0 aromatic heterocycles. The van der Waals surface area contributed by atoms with Crippen LogP contribution in [0, 0.1) is 6.92 Å². The lowest BCUT2D eigenvalue weighted by Crippen LogP contribution is -2.46. The second kappa shape index (κ2) is 9.58. The van der Waals surface area contributed by atoms with Crippen LogP contribution in [0.2, 0.25) is 0 Å². The summed E-state index contributed by atoms with van der Waals surface area (Å²) < 4.78 is 51.9. The summed E-state index contributed by atoms with van der Waals surface area (Å²) in [4.78, 5) is 27.3. The largest absolute Gasteiger partial charge is 0.274 e. The molecule has 0 aliphatic carbocycles. The minimum Gasteiger partial charge on any atom is -0.274 e. The third-order valence-electron chi connectivity index (χ3n) is 6.11. The first-order chi connectivity index (χ1) is 16.9. The number of aryl methyl sites for hydroxylation is 1. The molecular weight excluding hydrogens is 502 g/mol. The highest BCUT2D eigenvalue weighted by atomic mass is 32.2. The van der Waals surface area contributed by atoms with Crippen LogP contribution in [0.4, 0.5) is 5.69 Å². The van der Waals surface area contributed by atoms with E-state index in [1.165, 1.54) is 36.4 Å². The fraction of sp³-hybridized carbons (Fsp3) is 0.200. The summed E-state index contributed by atoms with van der Waals surface area (Å²) in [5.41, 5.74) is 1.65. The maximum atomic E-state index is 13.9. The van der Waals surface area contributed by atoms with Crippen LogP contribution < -0.4 is 10.0 Å². The Balaban J connectivity index is 1.77. The van der Waals surface area contributed by atoms with Gasteiger partial charge in [0.05, 0.1) is 21.9 Å². The quantitative estimate of drug-likeness (QED) is 0.470. The molecule has 0 spiro atoms. The number of imide groups is 1. The number of hydrogen-bond donors (Lipinski definition) is 1. The number of carbonyl (C=O) groups is 2. The Kier molecular flexibility index (Phi) is 6.84. The Morgan fingerprint density at radius 1 is 0.861 bits per heavy atom. The number of primary sulfonamides is 1. The van der Waals surface area contributed by atoms with Gasteiger partial charge in [0.15, 0.2) is 0 Å². The van der Waals surface area contributed by atoms with Gasteiger partial charge in [-0.1, -0.05) is 48.0 Å². The molecule has 2 N–H and O–H groups in total. The molecule has 11 heteroatoms. The summed E-state index contributed by atoms with van der Waals surface area (Å²) >= 11 is 0. The Bertz CT molecular complexity index is 1500. The molecule has 36 heavy (non-hydrogen) atoms. The van der Waals surface area contributed by atoms with E-state index in [1.54, 1.807) is 49.4 Å². The smallest absolute Gasteiger partial charge is 0.252 e. The zero-order valence-electron chi connectivity index (χ0n) is 19.6. The number of anilines is 1. The van der Waals surface area contributed by atoms with Crippen LogP contribution in [0.5, 0.6) is 0 Å². The van der Waals surface area contributed by atoms with Crippen molar-refractivity contribution in [2.75, 3.05) is 4.90 Å². The molecule has 9 nitrogen and oxygen atoms in total. The van der Waals surface area contributed by atoms with E-state index >= 15 is 0 Å². The maximum Gasteiger partial charge on any atom is 0.252 e. The van der Waals surface area contributed by atoms with Crippen LogP contribution in [0.25, 0.3) is 0 Å². The van der Waals surface area contributed by atoms with E-state index in [0.29, 0.717) is 5.56 Å².